The van der Waals surface area contributed by atoms with Crippen molar-refractivity contribution in [3.05, 3.63) is 45.2 Å². The average molecular weight is 413 g/mol. The summed E-state index contributed by atoms with van der Waals surface area (Å²) in [6.45, 7) is 3.63. The van der Waals surface area contributed by atoms with Gasteiger partial charge in [0.15, 0.2) is 11.4 Å². The Morgan fingerprint density at radius 1 is 1.23 bits per heavy atom. The van der Waals surface area contributed by atoms with Gasteiger partial charge in [0.05, 0.1) is 5.56 Å². The molecule has 1 saturated carbocycles. The van der Waals surface area contributed by atoms with Gasteiger partial charge in [0.2, 0.25) is 5.78 Å². The molecule has 3 unspecified atom stereocenters. The summed E-state index contributed by atoms with van der Waals surface area (Å²) >= 11 is 0. The van der Waals surface area contributed by atoms with Crippen molar-refractivity contribution in [2.24, 2.45) is 17.6 Å². The third-order valence-corrected chi connectivity index (χ3v) is 6.73. The molecule has 0 heterocycles. The SMILES string of the molecule is CCc1cc(C)c(O)c2c1CC1CC3CC(=O)C(C(N)=O)=C(O)C3(O)C(=O)C1=C2O. The van der Waals surface area contributed by atoms with Crippen molar-refractivity contribution in [2.45, 2.75) is 45.1 Å². The number of aliphatic hydroxyl groups is 3. The number of carbonyl (C=O) groups is 3. The summed E-state index contributed by atoms with van der Waals surface area (Å²) in [6, 6.07) is 1.84. The highest BCUT2D eigenvalue weighted by Crippen LogP contribution is 2.52. The number of aryl methyl sites for hydroxylation is 2. The van der Waals surface area contributed by atoms with Crippen LogP contribution in [-0.2, 0) is 27.2 Å². The summed E-state index contributed by atoms with van der Waals surface area (Å²) in [5.74, 6) is -6.04. The number of phenolic OH excluding ortho intramolecular Hbond substituents is 1. The topological polar surface area (TPSA) is 158 Å². The van der Waals surface area contributed by atoms with E-state index in [0.717, 1.165) is 11.1 Å². The zero-order valence-corrected chi connectivity index (χ0v) is 16.7. The Balaban J connectivity index is 1.96. The first-order chi connectivity index (χ1) is 14.0. The van der Waals surface area contributed by atoms with E-state index < -0.39 is 52.0 Å². The Morgan fingerprint density at radius 3 is 2.50 bits per heavy atom. The van der Waals surface area contributed by atoms with Crippen LogP contribution in [-0.4, -0.2) is 43.5 Å². The van der Waals surface area contributed by atoms with E-state index in [2.05, 4.69) is 0 Å². The number of aromatic hydroxyl groups is 1. The Morgan fingerprint density at radius 2 is 1.90 bits per heavy atom. The number of fused-ring (bicyclic) bond motifs is 3. The smallest absolute Gasteiger partial charge is 0.255 e. The van der Waals surface area contributed by atoms with Crippen molar-refractivity contribution < 1.29 is 34.8 Å². The lowest BCUT2D eigenvalue weighted by Gasteiger charge is -2.46. The second-order valence-electron chi connectivity index (χ2n) is 8.31. The predicted molar refractivity (Wildman–Crippen MR) is 106 cm³/mol. The number of hydrogen-bond acceptors (Lipinski definition) is 7. The molecule has 1 amide bonds. The van der Waals surface area contributed by atoms with Crippen LogP contribution < -0.4 is 5.73 Å². The van der Waals surface area contributed by atoms with Crippen molar-refractivity contribution in [2.75, 3.05) is 0 Å². The van der Waals surface area contributed by atoms with E-state index in [0.29, 0.717) is 18.4 Å². The van der Waals surface area contributed by atoms with E-state index in [4.69, 9.17) is 5.73 Å². The van der Waals surface area contributed by atoms with Crippen molar-refractivity contribution in [3.63, 3.8) is 0 Å². The summed E-state index contributed by atoms with van der Waals surface area (Å²) < 4.78 is 0. The molecule has 8 nitrogen and oxygen atoms in total. The Kier molecular flexibility index (Phi) is 4.32. The number of nitrogens with two attached hydrogens (primary N) is 1. The lowest BCUT2D eigenvalue weighted by atomic mass is 9.59. The summed E-state index contributed by atoms with van der Waals surface area (Å²) in [4.78, 5) is 37.3. The van der Waals surface area contributed by atoms with Crippen molar-refractivity contribution in [1.29, 1.82) is 0 Å². The van der Waals surface area contributed by atoms with Gasteiger partial charge >= 0.3 is 0 Å². The average Bonchev–Trinajstić information content (AvgIpc) is 2.67. The number of ketones is 2. The highest BCUT2D eigenvalue weighted by Gasteiger charge is 2.60. The molecular formula is C22H23NO7. The maximum absolute atomic E-state index is 13.4. The van der Waals surface area contributed by atoms with Crippen LogP contribution in [0.4, 0.5) is 0 Å². The minimum atomic E-state index is -2.53. The van der Waals surface area contributed by atoms with Crippen LogP contribution in [0.25, 0.3) is 5.76 Å². The van der Waals surface area contributed by atoms with Crippen LogP contribution in [0.5, 0.6) is 5.75 Å². The molecule has 3 atom stereocenters. The number of benzene rings is 1. The Labute approximate surface area is 172 Å². The summed E-state index contributed by atoms with van der Waals surface area (Å²) in [5, 5.41) is 43.3. The highest BCUT2D eigenvalue weighted by atomic mass is 16.3. The minimum absolute atomic E-state index is 0.117. The normalized spacial score (nSPS) is 28.2. The van der Waals surface area contributed by atoms with Gasteiger partial charge < -0.3 is 26.2 Å². The maximum atomic E-state index is 13.4. The molecule has 6 N–H and O–H groups in total. The van der Waals surface area contributed by atoms with Gasteiger partial charge in [-0.1, -0.05) is 13.0 Å². The highest BCUT2D eigenvalue weighted by molar-refractivity contribution is 6.22. The Hall–Kier alpha value is -3.13. The summed E-state index contributed by atoms with van der Waals surface area (Å²) in [7, 11) is 0. The molecule has 30 heavy (non-hydrogen) atoms. The molecule has 0 aliphatic heterocycles. The van der Waals surface area contributed by atoms with Crippen LogP contribution in [0.2, 0.25) is 0 Å². The zero-order valence-electron chi connectivity index (χ0n) is 16.7. The van der Waals surface area contributed by atoms with Crippen LogP contribution in [0.15, 0.2) is 23.0 Å². The molecule has 3 aliphatic rings. The molecule has 158 valence electrons. The molecule has 0 bridgehead atoms. The molecule has 3 aliphatic carbocycles. The van der Waals surface area contributed by atoms with Gasteiger partial charge in [0.25, 0.3) is 5.91 Å². The number of aliphatic hydroxyl groups excluding tert-OH is 2. The van der Waals surface area contributed by atoms with E-state index in [1.165, 1.54) is 0 Å². The minimum Gasteiger partial charge on any atom is -0.508 e. The number of rotatable bonds is 2. The summed E-state index contributed by atoms with van der Waals surface area (Å²) in [5.41, 5.74) is 4.09. The molecule has 1 aromatic rings. The van der Waals surface area contributed by atoms with Crippen molar-refractivity contribution in [1.82, 2.24) is 0 Å². The van der Waals surface area contributed by atoms with E-state index in [-0.39, 0.29) is 29.7 Å². The number of primary amides is 1. The van der Waals surface area contributed by atoms with Gasteiger partial charge in [-0.3, -0.25) is 14.4 Å². The largest absolute Gasteiger partial charge is 0.508 e. The third-order valence-electron chi connectivity index (χ3n) is 6.73. The maximum Gasteiger partial charge on any atom is 0.255 e. The fourth-order valence-electron chi connectivity index (χ4n) is 5.23. The lowest BCUT2D eigenvalue weighted by molar-refractivity contribution is -0.147. The van der Waals surface area contributed by atoms with Gasteiger partial charge in [-0.05, 0) is 48.8 Å². The van der Waals surface area contributed by atoms with E-state index in [1.54, 1.807) is 6.92 Å². The molecule has 0 aromatic heterocycles. The van der Waals surface area contributed by atoms with Crippen LogP contribution in [0.1, 0.15) is 42.0 Å². The van der Waals surface area contributed by atoms with E-state index in [9.17, 15) is 34.8 Å². The second kappa shape index (κ2) is 6.43. The number of amides is 1. The first kappa shape index (κ1) is 20.2. The van der Waals surface area contributed by atoms with Gasteiger partial charge in [-0.2, -0.15) is 0 Å². The van der Waals surface area contributed by atoms with Crippen LogP contribution in [0, 0.1) is 18.8 Å². The number of carbonyl (C=O) groups excluding carboxylic acids is 3. The molecule has 0 spiro atoms. The monoisotopic (exact) mass is 413 g/mol. The lowest BCUT2D eigenvalue weighted by Crippen LogP contribution is -2.58. The molecule has 8 heteroatoms. The van der Waals surface area contributed by atoms with Crippen molar-refractivity contribution in [3.8, 4) is 5.75 Å². The summed E-state index contributed by atoms with van der Waals surface area (Å²) in [6.07, 6.45) is 0.817. The van der Waals surface area contributed by atoms with E-state index >= 15 is 0 Å². The van der Waals surface area contributed by atoms with E-state index in [1.807, 2.05) is 13.0 Å². The third kappa shape index (κ3) is 2.40. The zero-order chi connectivity index (χ0) is 22.1. The van der Waals surface area contributed by atoms with Gasteiger partial charge in [-0.25, -0.2) is 0 Å². The molecular weight excluding hydrogens is 390 g/mol. The number of phenols is 1. The fraction of sp³-hybridized carbons (Fsp3) is 0.409. The van der Waals surface area contributed by atoms with Gasteiger partial charge in [0.1, 0.15) is 22.8 Å². The first-order valence-corrected chi connectivity index (χ1v) is 9.85. The fourth-order valence-corrected chi connectivity index (χ4v) is 5.23. The Bertz CT molecular complexity index is 1100. The van der Waals surface area contributed by atoms with Crippen LogP contribution in [0.3, 0.4) is 0 Å². The molecule has 1 aromatic carbocycles. The quantitative estimate of drug-likeness (QED) is 0.457. The van der Waals surface area contributed by atoms with Gasteiger partial charge in [-0.15, -0.1) is 0 Å². The molecule has 4 rings (SSSR count). The van der Waals surface area contributed by atoms with Gasteiger partial charge in [0, 0.05) is 17.9 Å². The number of Topliss-reactive ketones (excluding diaryl/α,β-unsaturated/α-hetero) is 2. The van der Waals surface area contributed by atoms with Crippen molar-refractivity contribution >= 4 is 23.2 Å². The predicted octanol–water partition coefficient (Wildman–Crippen LogP) is 1.29. The molecule has 0 saturated heterocycles. The number of hydrogen-bond donors (Lipinski definition) is 5. The first-order valence-electron chi connectivity index (χ1n) is 9.85. The second-order valence-corrected chi connectivity index (χ2v) is 8.31. The standard InChI is InChI=1S/C22H23NO7/c1-3-9-4-8(2)17(25)15-12(9)6-10-5-11-7-13(24)16(21(23)29)20(28)22(11,30)19(27)14(10)18(15)26/h4,10-11,25-26,28,30H,3,5-7H2,1-2H3,(H2,23,29). The molecule has 0 radical (unpaired) electrons. The molecule has 1 fully saturated rings. The van der Waals surface area contributed by atoms with Crippen LogP contribution >= 0.6 is 0 Å².